The number of ether oxygens (including phenoxy) is 1. The minimum Gasteiger partial charge on any atom is -0.495 e. The zero-order chi connectivity index (χ0) is 16.2. The van der Waals surface area contributed by atoms with Gasteiger partial charge < -0.3 is 19.9 Å². The van der Waals surface area contributed by atoms with Crippen molar-refractivity contribution in [3.05, 3.63) is 47.9 Å². The second-order valence-electron chi connectivity index (χ2n) is 4.99. The molecule has 0 amide bonds. The summed E-state index contributed by atoms with van der Waals surface area (Å²) in [6.45, 7) is 3.72. The van der Waals surface area contributed by atoms with Crippen molar-refractivity contribution in [1.29, 1.82) is 0 Å². The molecule has 3 aromatic rings. The second-order valence-corrected chi connectivity index (χ2v) is 4.99. The summed E-state index contributed by atoms with van der Waals surface area (Å²) in [4.78, 5) is 8.79. The molecule has 0 aliphatic carbocycles. The number of aromatic nitrogens is 3. The highest BCUT2D eigenvalue weighted by Gasteiger charge is 2.08. The van der Waals surface area contributed by atoms with E-state index in [2.05, 4.69) is 25.8 Å². The summed E-state index contributed by atoms with van der Waals surface area (Å²) in [5.41, 5.74) is 1.65. The first-order valence-electron chi connectivity index (χ1n) is 7.10. The maximum absolute atomic E-state index is 5.33. The normalized spacial score (nSPS) is 10.4. The highest BCUT2D eigenvalue weighted by atomic mass is 16.5. The molecule has 23 heavy (non-hydrogen) atoms. The Kier molecular flexibility index (Phi) is 4.09. The predicted molar refractivity (Wildman–Crippen MR) is 87.6 cm³/mol. The maximum atomic E-state index is 5.33. The van der Waals surface area contributed by atoms with Gasteiger partial charge in [-0.25, -0.2) is 4.98 Å². The summed E-state index contributed by atoms with van der Waals surface area (Å²) < 4.78 is 10.4. The number of hydrogen-bond donors (Lipinski definition) is 2. The van der Waals surface area contributed by atoms with Crippen LogP contribution in [0.15, 0.2) is 40.9 Å². The van der Waals surface area contributed by atoms with Crippen molar-refractivity contribution < 1.29 is 9.26 Å². The van der Waals surface area contributed by atoms with Crippen LogP contribution in [0.25, 0.3) is 0 Å². The molecule has 7 nitrogen and oxygen atoms in total. The first kappa shape index (κ1) is 14.8. The fourth-order valence-electron chi connectivity index (χ4n) is 2.11. The molecule has 0 bridgehead atoms. The van der Waals surface area contributed by atoms with Gasteiger partial charge in [0.05, 0.1) is 12.8 Å². The number of hydrogen-bond acceptors (Lipinski definition) is 7. The Morgan fingerprint density at radius 3 is 2.57 bits per heavy atom. The van der Waals surface area contributed by atoms with Crippen LogP contribution in [0.4, 0.5) is 23.3 Å². The molecule has 3 rings (SSSR count). The molecule has 7 heteroatoms. The highest BCUT2D eigenvalue weighted by Crippen LogP contribution is 2.27. The van der Waals surface area contributed by atoms with Crippen LogP contribution < -0.4 is 15.4 Å². The number of para-hydroxylation sites is 2. The van der Waals surface area contributed by atoms with E-state index in [1.807, 2.05) is 44.2 Å². The summed E-state index contributed by atoms with van der Waals surface area (Å²) in [6.07, 6.45) is 0. The van der Waals surface area contributed by atoms with Gasteiger partial charge >= 0.3 is 0 Å². The van der Waals surface area contributed by atoms with Crippen molar-refractivity contribution >= 4 is 23.3 Å². The summed E-state index contributed by atoms with van der Waals surface area (Å²) in [6, 6.07) is 11.3. The summed E-state index contributed by atoms with van der Waals surface area (Å²) in [5, 5.41) is 10.1. The third-order valence-electron chi connectivity index (χ3n) is 3.09. The number of methoxy groups -OCH3 is 1. The van der Waals surface area contributed by atoms with E-state index in [0.717, 1.165) is 17.1 Å². The Balaban J connectivity index is 1.85. The van der Waals surface area contributed by atoms with Crippen molar-refractivity contribution in [3.8, 4) is 5.75 Å². The van der Waals surface area contributed by atoms with Crippen LogP contribution in [0.3, 0.4) is 0 Å². The van der Waals surface area contributed by atoms with Gasteiger partial charge in [0.25, 0.3) is 0 Å². The number of aryl methyl sites for hydroxylation is 2. The first-order chi connectivity index (χ1) is 11.1. The lowest BCUT2D eigenvalue weighted by Crippen LogP contribution is -2.03. The fourth-order valence-corrected chi connectivity index (χ4v) is 2.11. The Morgan fingerprint density at radius 2 is 1.83 bits per heavy atom. The first-order valence-corrected chi connectivity index (χ1v) is 7.10. The molecule has 2 aromatic heterocycles. The lowest BCUT2D eigenvalue weighted by atomic mass is 10.3. The van der Waals surface area contributed by atoms with Crippen molar-refractivity contribution in [1.82, 2.24) is 15.1 Å². The largest absolute Gasteiger partial charge is 0.495 e. The molecular weight excluding hydrogens is 294 g/mol. The predicted octanol–water partition coefficient (Wildman–Crippen LogP) is 3.58. The van der Waals surface area contributed by atoms with Gasteiger partial charge in [-0.05, 0) is 26.0 Å². The lowest BCUT2D eigenvalue weighted by Gasteiger charge is -2.11. The maximum Gasteiger partial charge on any atom is 0.230 e. The quantitative estimate of drug-likeness (QED) is 0.745. The molecule has 0 atom stereocenters. The summed E-state index contributed by atoms with van der Waals surface area (Å²) in [5.74, 6) is 3.12. The van der Waals surface area contributed by atoms with Crippen LogP contribution in [0.2, 0.25) is 0 Å². The van der Waals surface area contributed by atoms with E-state index >= 15 is 0 Å². The van der Waals surface area contributed by atoms with E-state index in [1.54, 1.807) is 13.2 Å². The van der Waals surface area contributed by atoms with E-state index in [-0.39, 0.29) is 0 Å². The van der Waals surface area contributed by atoms with Gasteiger partial charge in [0.2, 0.25) is 5.95 Å². The van der Waals surface area contributed by atoms with Gasteiger partial charge in [-0.3, -0.25) is 0 Å². The SMILES string of the molecule is COc1ccccc1Nc1cc(C)nc(Nc2cc(C)on2)n1. The molecule has 0 radical (unpaired) electrons. The summed E-state index contributed by atoms with van der Waals surface area (Å²) in [7, 11) is 1.63. The third kappa shape index (κ3) is 3.57. The lowest BCUT2D eigenvalue weighted by molar-refractivity contribution is 0.400. The van der Waals surface area contributed by atoms with E-state index < -0.39 is 0 Å². The number of benzene rings is 1. The van der Waals surface area contributed by atoms with Gasteiger partial charge in [-0.2, -0.15) is 4.98 Å². The van der Waals surface area contributed by atoms with Crippen molar-refractivity contribution in [2.24, 2.45) is 0 Å². The van der Waals surface area contributed by atoms with E-state index in [1.165, 1.54) is 0 Å². The Bertz CT molecular complexity index is 816. The van der Waals surface area contributed by atoms with Gasteiger partial charge in [-0.1, -0.05) is 17.3 Å². The van der Waals surface area contributed by atoms with Crippen molar-refractivity contribution in [2.45, 2.75) is 13.8 Å². The van der Waals surface area contributed by atoms with Crippen LogP contribution in [0.5, 0.6) is 5.75 Å². The molecule has 1 aromatic carbocycles. The van der Waals surface area contributed by atoms with Gasteiger partial charge in [-0.15, -0.1) is 0 Å². The molecule has 2 heterocycles. The van der Waals surface area contributed by atoms with Crippen molar-refractivity contribution in [3.63, 3.8) is 0 Å². The fraction of sp³-hybridized carbons (Fsp3) is 0.188. The van der Waals surface area contributed by atoms with E-state index in [4.69, 9.17) is 9.26 Å². The minimum atomic E-state index is 0.440. The molecular formula is C16H17N5O2. The molecule has 0 spiro atoms. The van der Waals surface area contributed by atoms with Crippen LogP contribution >= 0.6 is 0 Å². The molecule has 0 aliphatic heterocycles. The highest BCUT2D eigenvalue weighted by molar-refractivity contribution is 5.65. The topological polar surface area (TPSA) is 85.1 Å². The van der Waals surface area contributed by atoms with Crippen molar-refractivity contribution in [2.75, 3.05) is 17.7 Å². The molecule has 2 N–H and O–H groups in total. The number of rotatable bonds is 5. The van der Waals surface area contributed by atoms with Crippen LogP contribution in [-0.4, -0.2) is 22.2 Å². The molecule has 0 saturated carbocycles. The molecule has 0 fully saturated rings. The zero-order valence-corrected chi connectivity index (χ0v) is 13.1. The molecule has 118 valence electrons. The van der Waals surface area contributed by atoms with Crippen LogP contribution in [-0.2, 0) is 0 Å². The second kappa shape index (κ2) is 6.35. The molecule has 0 saturated heterocycles. The smallest absolute Gasteiger partial charge is 0.230 e. The number of nitrogens with one attached hydrogen (secondary N) is 2. The third-order valence-corrected chi connectivity index (χ3v) is 3.09. The average molecular weight is 311 g/mol. The van der Waals surface area contributed by atoms with E-state index in [9.17, 15) is 0 Å². The van der Waals surface area contributed by atoms with Crippen LogP contribution in [0, 0.1) is 13.8 Å². The average Bonchev–Trinajstić information content (AvgIpc) is 2.92. The Morgan fingerprint density at radius 1 is 1.00 bits per heavy atom. The standard InChI is InChI=1S/C16H17N5O2/c1-10-8-14(18-12-6-4-5-7-13(12)22-3)19-16(17-10)20-15-9-11(2)23-21-15/h4-9H,1-3H3,(H2,17,18,19,20,21). The summed E-state index contributed by atoms with van der Waals surface area (Å²) >= 11 is 0. The number of nitrogens with zero attached hydrogens (tertiary/aromatic N) is 3. The molecule has 0 aliphatic rings. The van der Waals surface area contributed by atoms with E-state index in [0.29, 0.717) is 23.3 Å². The molecule has 0 unspecified atom stereocenters. The van der Waals surface area contributed by atoms with Gasteiger partial charge in [0, 0.05) is 17.8 Å². The Labute approximate surface area is 133 Å². The Hall–Kier alpha value is -3.09. The van der Waals surface area contributed by atoms with Gasteiger partial charge in [0.15, 0.2) is 5.82 Å². The number of anilines is 4. The van der Waals surface area contributed by atoms with Gasteiger partial charge in [0.1, 0.15) is 17.3 Å². The monoisotopic (exact) mass is 311 g/mol. The van der Waals surface area contributed by atoms with Crippen LogP contribution in [0.1, 0.15) is 11.5 Å². The zero-order valence-electron chi connectivity index (χ0n) is 13.1. The minimum absolute atomic E-state index is 0.440.